The van der Waals surface area contributed by atoms with Crippen LogP contribution >= 0.6 is 0 Å². The molecule has 1 aromatic rings. The molecule has 0 N–H and O–H groups in total. The summed E-state index contributed by atoms with van der Waals surface area (Å²) in [6.45, 7) is 0. The molecule has 0 spiro atoms. The average Bonchev–Trinajstić information content (AvgIpc) is 2.25. The maximum Gasteiger partial charge on any atom is 0.235 e. The molecule has 1 aromatic carbocycles. The number of hydrogen-bond acceptors (Lipinski definition) is 4. The molecule has 0 radical (unpaired) electrons. The average molecular weight is 209 g/mol. The van der Waals surface area contributed by atoms with Gasteiger partial charge in [0.2, 0.25) is 6.20 Å². The van der Waals surface area contributed by atoms with Crippen LogP contribution in [0.3, 0.4) is 0 Å². The summed E-state index contributed by atoms with van der Waals surface area (Å²) in [5.41, 5.74) is 0.634. The fraction of sp³-hybridized carbons (Fsp3) is 0.200. The van der Waals surface area contributed by atoms with Crippen molar-refractivity contribution in [3.63, 3.8) is 0 Å². The smallest absolute Gasteiger partial charge is 0.235 e. The Balaban J connectivity index is 3.02. The summed E-state index contributed by atoms with van der Waals surface area (Å²) >= 11 is 0. The van der Waals surface area contributed by atoms with Gasteiger partial charge in [0.05, 0.1) is 19.1 Å². The lowest BCUT2D eigenvalue weighted by Crippen LogP contribution is -1.90. The van der Waals surface area contributed by atoms with E-state index in [1.807, 2.05) is 0 Å². The molecular formula is C10H11NO4. The van der Waals surface area contributed by atoms with Crippen LogP contribution in [0.4, 0.5) is 0 Å². The zero-order chi connectivity index (χ0) is 11.3. The van der Waals surface area contributed by atoms with E-state index in [1.165, 1.54) is 13.2 Å². The molecule has 0 atom stereocenters. The Kier molecular flexibility index (Phi) is 3.68. The molecule has 5 heteroatoms. The molecule has 15 heavy (non-hydrogen) atoms. The molecule has 0 heterocycles. The second-order valence-electron chi connectivity index (χ2n) is 2.71. The highest BCUT2D eigenvalue weighted by molar-refractivity contribution is 5.58. The zero-order valence-electron chi connectivity index (χ0n) is 8.47. The van der Waals surface area contributed by atoms with Gasteiger partial charge in [0.25, 0.3) is 0 Å². The molecule has 0 saturated carbocycles. The molecule has 0 aliphatic carbocycles. The monoisotopic (exact) mass is 209 g/mol. The van der Waals surface area contributed by atoms with Gasteiger partial charge in [-0.2, -0.15) is 0 Å². The minimum absolute atomic E-state index is 0.524. The molecule has 1 rings (SSSR count). The van der Waals surface area contributed by atoms with Crippen LogP contribution in [0.25, 0.3) is 6.08 Å². The fourth-order valence-corrected chi connectivity index (χ4v) is 1.10. The Morgan fingerprint density at radius 1 is 1.33 bits per heavy atom. The maximum atomic E-state index is 10.1. The van der Waals surface area contributed by atoms with E-state index < -0.39 is 4.92 Å². The standard InChI is InChI=1S/C10H11NO4/c1-14-9-4-3-8(5-6-11(12)13)10(7-9)15-2/h3-7H,1-2H3/b6-5+. The highest BCUT2D eigenvalue weighted by Gasteiger charge is 2.02. The second kappa shape index (κ2) is 4.99. The maximum absolute atomic E-state index is 10.1. The topological polar surface area (TPSA) is 61.6 Å². The van der Waals surface area contributed by atoms with E-state index in [2.05, 4.69) is 0 Å². The highest BCUT2D eigenvalue weighted by Crippen LogP contribution is 2.25. The van der Waals surface area contributed by atoms with Gasteiger partial charge in [0.15, 0.2) is 0 Å². The van der Waals surface area contributed by atoms with Crippen molar-refractivity contribution in [2.75, 3.05) is 14.2 Å². The lowest BCUT2D eigenvalue weighted by Gasteiger charge is -2.06. The van der Waals surface area contributed by atoms with Gasteiger partial charge in [0, 0.05) is 17.7 Å². The largest absolute Gasteiger partial charge is 0.497 e. The molecule has 0 aliphatic heterocycles. The van der Waals surface area contributed by atoms with Crippen LogP contribution in [0.15, 0.2) is 24.4 Å². The molecule has 0 saturated heterocycles. The number of hydrogen-bond donors (Lipinski definition) is 0. The third kappa shape index (κ3) is 2.98. The Bertz CT molecular complexity index is 387. The van der Waals surface area contributed by atoms with Crippen molar-refractivity contribution in [2.24, 2.45) is 0 Å². The van der Waals surface area contributed by atoms with Crippen molar-refractivity contribution in [3.05, 3.63) is 40.1 Å². The molecule has 0 aliphatic rings. The van der Waals surface area contributed by atoms with E-state index in [0.29, 0.717) is 17.1 Å². The predicted octanol–water partition coefficient (Wildman–Crippen LogP) is 1.95. The van der Waals surface area contributed by atoms with Crippen LogP contribution in [0.2, 0.25) is 0 Å². The molecule has 5 nitrogen and oxygen atoms in total. The zero-order valence-corrected chi connectivity index (χ0v) is 8.47. The fourth-order valence-electron chi connectivity index (χ4n) is 1.10. The highest BCUT2D eigenvalue weighted by atomic mass is 16.6. The van der Waals surface area contributed by atoms with E-state index in [-0.39, 0.29) is 0 Å². The second-order valence-corrected chi connectivity index (χ2v) is 2.71. The van der Waals surface area contributed by atoms with Crippen molar-refractivity contribution in [3.8, 4) is 11.5 Å². The molecule has 0 bridgehead atoms. The number of nitrogens with zero attached hydrogens (tertiary/aromatic N) is 1. The number of nitro groups is 1. The first-order valence-corrected chi connectivity index (χ1v) is 4.21. The summed E-state index contributed by atoms with van der Waals surface area (Å²) in [6.07, 6.45) is 2.24. The molecule has 0 unspecified atom stereocenters. The van der Waals surface area contributed by atoms with Gasteiger partial charge in [-0.1, -0.05) is 0 Å². The summed E-state index contributed by atoms with van der Waals surface area (Å²) < 4.78 is 10.1. The number of methoxy groups -OCH3 is 2. The van der Waals surface area contributed by atoms with Crippen LogP contribution in [0.1, 0.15) is 5.56 Å². The summed E-state index contributed by atoms with van der Waals surface area (Å²) in [5.74, 6) is 1.18. The van der Waals surface area contributed by atoms with Crippen LogP contribution in [0.5, 0.6) is 11.5 Å². The third-order valence-electron chi connectivity index (χ3n) is 1.82. The van der Waals surface area contributed by atoms with Crippen molar-refractivity contribution in [1.82, 2.24) is 0 Å². The van der Waals surface area contributed by atoms with Crippen LogP contribution < -0.4 is 9.47 Å². The first-order chi connectivity index (χ1) is 7.17. The summed E-state index contributed by atoms with van der Waals surface area (Å²) in [6, 6.07) is 5.07. The van der Waals surface area contributed by atoms with Gasteiger partial charge in [-0.25, -0.2) is 0 Å². The Morgan fingerprint density at radius 2 is 2.07 bits per heavy atom. The summed E-state index contributed by atoms with van der Waals surface area (Å²) in [5, 5.41) is 10.1. The van der Waals surface area contributed by atoms with E-state index in [4.69, 9.17) is 9.47 Å². The Labute approximate surface area is 87.1 Å². The first kappa shape index (κ1) is 11.0. The predicted molar refractivity (Wildman–Crippen MR) is 55.6 cm³/mol. The number of benzene rings is 1. The number of ether oxygens (including phenoxy) is 2. The van der Waals surface area contributed by atoms with Crippen molar-refractivity contribution in [1.29, 1.82) is 0 Å². The van der Waals surface area contributed by atoms with Crippen LogP contribution in [0, 0.1) is 10.1 Å². The van der Waals surface area contributed by atoms with Gasteiger partial charge in [-0.05, 0) is 12.1 Å². The van der Waals surface area contributed by atoms with Crippen LogP contribution in [-0.2, 0) is 0 Å². The summed E-state index contributed by atoms with van der Waals surface area (Å²) in [4.78, 5) is 9.62. The Morgan fingerprint density at radius 3 is 2.60 bits per heavy atom. The lowest BCUT2D eigenvalue weighted by molar-refractivity contribution is -0.400. The van der Waals surface area contributed by atoms with Gasteiger partial charge >= 0.3 is 0 Å². The van der Waals surface area contributed by atoms with Gasteiger partial charge in [-0.15, -0.1) is 0 Å². The third-order valence-corrected chi connectivity index (χ3v) is 1.82. The minimum Gasteiger partial charge on any atom is -0.497 e. The SMILES string of the molecule is COc1ccc(/C=C/[N+](=O)[O-])c(OC)c1. The summed E-state index contributed by atoms with van der Waals surface area (Å²) in [7, 11) is 3.04. The molecule has 0 amide bonds. The van der Waals surface area contributed by atoms with E-state index in [1.54, 1.807) is 25.3 Å². The first-order valence-electron chi connectivity index (χ1n) is 4.21. The van der Waals surface area contributed by atoms with Gasteiger partial charge in [0.1, 0.15) is 11.5 Å². The molecular weight excluding hydrogens is 198 g/mol. The van der Waals surface area contributed by atoms with Gasteiger partial charge in [-0.3, -0.25) is 10.1 Å². The minimum atomic E-state index is -0.524. The molecule has 0 fully saturated rings. The molecule has 0 aromatic heterocycles. The van der Waals surface area contributed by atoms with E-state index in [0.717, 1.165) is 6.20 Å². The number of rotatable bonds is 4. The normalized spacial score (nSPS) is 10.3. The van der Waals surface area contributed by atoms with Crippen molar-refractivity contribution >= 4 is 6.08 Å². The van der Waals surface area contributed by atoms with E-state index in [9.17, 15) is 10.1 Å². The van der Waals surface area contributed by atoms with Crippen LogP contribution in [-0.4, -0.2) is 19.1 Å². The van der Waals surface area contributed by atoms with Crippen molar-refractivity contribution in [2.45, 2.75) is 0 Å². The van der Waals surface area contributed by atoms with Gasteiger partial charge < -0.3 is 9.47 Å². The lowest BCUT2D eigenvalue weighted by atomic mass is 10.2. The van der Waals surface area contributed by atoms with E-state index >= 15 is 0 Å². The van der Waals surface area contributed by atoms with Crippen molar-refractivity contribution < 1.29 is 14.4 Å². The molecule has 80 valence electrons. The quantitative estimate of drug-likeness (QED) is 0.561. The Hall–Kier alpha value is -2.04.